The molecule has 4 nitrogen and oxygen atoms in total. The molecule has 0 saturated carbocycles. The molecule has 2 aromatic rings. The molecular weight excluding hydrogens is 300 g/mol. The van der Waals surface area contributed by atoms with Crippen LogP contribution in [-0.2, 0) is 13.0 Å². The van der Waals surface area contributed by atoms with Gasteiger partial charge in [-0.2, -0.15) is 5.26 Å². The molecule has 0 atom stereocenters. The maximum atomic E-state index is 11.7. The Morgan fingerprint density at radius 3 is 2.79 bits per heavy atom. The maximum absolute atomic E-state index is 11.7. The van der Waals surface area contributed by atoms with E-state index in [0.29, 0.717) is 24.3 Å². The molecule has 2 aromatic carbocycles. The topological polar surface area (TPSA) is 53.3 Å². The number of hydrogen-bond acceptors (Lipinski definition) is 4. The van der Waals surface area contributed by atoms with Crippen LogP contribution in [0.5, 0.6) is 5.75 Å². The van der Waals surface area contributed by atoms with Crippen molar-refractivity contribution in [1.82, 2.24) is 0 Å². The summed E-state index contributed by atoms with van der Waals surface area (Å²) in [6.07, 6.45) is 0.914. The van der Waals surface area contributed by atoms with Gasteiger partial charge in [0, 0.05) is 18.7 Å². The van der Waals surface area contributed by atoms with Crippen molar-refractivity contribution in [2.24, 2.45) is 0 Å². The molecular formula is C20H20N2O2. The van der Waals surface area contributed by atoms with E-state index in [2.05, 4.69) is 23.1 Å². The van der Waals surface area contributed by atoms with Gasteiger partial charge in [-0.05, 0) is 61.7 Å². The predicted octanol–water partition coefficient (Wildman–Crippen LogP) is 3.72. The van der Waals surface area contributed by atoms with Crippen molar-refractivity contribution < 1.29 is 9.53 Å². The molecule has 0 radical (unpaired) electrons. The number of anilines is 1. The van der Waals surface area contributed by atoms with E-state index in [1.165, 1.54) is 11.1 Å². The zero-order valence-electron chi connectivity index (χ0n) is 14.0. The van der Waals surface area contributed by atoms with Gasteiger partial charge in [0.2, 0.25) is 0 Å². The smallest absolute Gasteiger partial charge is 0.159 e. The van der Waals surface area contributed by atoms with Crippen LogP contribution in [0.25, 0.3) is 0 Å². The molecule has 0 N–H and O–H groups in total. The van der Waals surface area contributed by atoms with E-state index in [4.69, 9.17) is 4.74 Å². The summed E-state index contributed by atoms with van der Waals surface area (Å²) in [6, 6.07) is 13.7. The summed E-state index contributed by atoms with van der Waals surface area (Å²) in [7, 11) is 0. The van der Waals surface area contributed by atoms with Crippen LogP contribution in [0.3, 0.4) is 0 Å². The molecule has 0 spiro atoms. The second kappa shape index (κ2) is 6.76. The van der Waals surface area contributed by atoms with Gasteiger partial charge in [-0.3, -0.25) is 4.79 Å². The first-order valence-corrected chi connectivity index (χ1v) is 8.17. The van der Waals surface area contributed by atoms with E-state index >= 15 is 0 Å². The standard InChI is InChI=1S/C20H20N2O2/c1-3-24-19-7-6-15-8-9-22(13-18(15)10-19)20-11-16(14(2)23)4-5-17(20)12-21/h4-7,10-11H,3,8-9,13H2,1-2H3. The average molecular weight is 320 g/mol. The van der Waals surface area contributed by atoms with Crippen molar-refractivity contribution in [2.45, 2.75) is 26.8 Å². The molecule has 1 aliphatic rings. The van der Waals surface area contributed by atoms with Gasteiger partial charge in [-0.1, -0.05) is 6.07 Å². The van der Waals surface area contributed by atoms with Crippen molar-refractivity contribution >= 4 is 11.5 Å². The SMILES string of the molecule is CCOc1ccc2c(c1)CN(c1cc(C(C)=O)ccc1C#N)CC2. The first-order valence-electron chi connectivity index (χ1n) is 8.17. The Bertz CT molecular complexity index is 821. The van der Waals surface area contributed by atoms with Gasteiger partial charge in [0.05, 0.1) is 17.9 Å². The van der Waals surface area contributed by atoms with Gasteiger partial charge in [0.1, 0.15) is 11.8 Å². The number of benzene rings is 2. The summed E-state index contributed by atoms with van der Waals surface area (Å²) in [5, 5.41) is 9.41. The third-order valence-electron chi connectivity index (χ3n) is 4.37. The molecule has 0 amide bonds. The molecule has 0 aliphatic carbocycles. The highest BCUT2D eigenvalue weighted by Gasteiger charge is 2.20. The van der Waals surface area contributed by atoms with Gasteiger partial charge in [-0.25, -0.2) is 0 Å². The third kappa shape index (κ3) is 3.11. The van der Waals surface area contributed by atoms with Crippen molar-refractivity contribution in [3.8, 4) is 11.8 Å². The van der Waals surface area contributed by atoms with Crippen LogP contribution >= 0.6 is 0 Å². The fraction of sp³-hybridized carbons (Fsp3) is 0.300. The number of Topliss-reactive ketones (excluding diaryl/α,β-unsaturated/α-hetero) is 1. The lowest BCUT2D eigenvalue weighted by atomic mass is 9.97. The molecule has 1 aliphatic heterocycles. The van der Waals surface area contributed by atoms with E-state index in [1.807, 2.05) is 19.1 Å². The van der Waals surface area contributed by atoms with Crippen molar-refractivity contribution in [2.75, 3.05) is 18.1 Å². The second-order valence-electron chi connectivity index (χ2n) is 5.94. The highest BCUT2D eigenvalue weighted by Crippen LogP contribution is 2.30. The zero-order valence-corrected chi connectivity index (χ0v) is 14.0. The van der Waals surface area contributed by atoms with E-state index in [0.717, 1.165) is 24.4 Å². The van der Waals surface area contributed by atoms with Crippen LogP contribution in [-0.4, -0.2) is 18.9 Å². The van der Waals surface area contributed by atoms with Crippen LogP contribution < -0.4 is 9.64 Å². The van der Waals surface area contributed by atoms with Crippen molar-refractivity contribution in [3.63, 3.8) is 0 Å². The van der Waals surface area contributed by atoms with E-state index in [9.17, 15) is 10.1 Å². The lowest BCUT2D eigenvalue weighted by Gasteiger charge is -2.31. The normalized spacial score (nSPS) is 13.1. The Morgan fingerprint density at radius 2 is 2.08 bits per heavy atom. The number of ketones is 1. The summed E-state index contributed by atoms with van der Waals surface area (Å²) in [4.78, 5) is 13.8. The van der Waals surface area contributed by atoms with Crippen LogP contribution in [0.15, 0.2) is 36.4 Å². The number of ether oxygens (including phenoxy) is 1. The molecule has 4 heteroatoms. The summed E-state index contributed by atoms with van der Waals surface area (Å²) < 4.78 is 5.59. The van der Waals surface area contributed by atoms with E-state index < -0.39 is 0 Å². The molecule has 0 aromatic heterocycles. The predicted molar refractivity (Wildman–Crippen MR) is 93.5 cm³/mol. The lowest BCUT2D eigenvalue weighted by molar-refractivity contribution is 0.101. The molecule has 0 unspecified atom stereocenters. The number of nitrogens with zero attached hydrogens (tertiary/aromatic N) is 2. The van der Waals surface area contributed by atoms with Gasteiger partial charge < -0.3 is 9.64 Å². The average Bonchev–Trinajstić information content (AvgIpc) is 2.60. The number of carbonyl (C=O) groups excluding carboxylic acids is 1. The van der Waals surface area contributed by atoms with Crippen LogP contribution in [0.2, 0.25) is 0 Å². The molecule has 0 saturated heterocycles. The summed E-state index contributed by atoms with van der Waals surface area (Å²) in [6.45, 7) is 5.70. The number of rotatable bonds is 4. The highest BCUT2D eigenvalue weighted by atomic mass is 16.5. The summed E-state index contributed by atoms with van der Waals surface area (Å²) in [5.41, 5.74) is 4.60. The Hall–Kier alpha value is -2.80. The minimum absolute atomic E-state index is 0.0109. The maximum Gasteiger partial charge on any atom is 0.159 e. The molecule has 0 bridgehead atoms. The monoisotopic (exact) mass is 320 g/mol. The number of carbonyl (C=O) groups is 1. The third-order valence-corrected chi connectivity index (χ3v) is 4.37. The Kier molecular flexibility index (Phi) is 4.52. The Labute approximate surface area is 142 Å². The van der Waals surface area contributed by atoms with E-state index in [1.54, 1.807) is 19.1 Å². The summed E-state index contributed by atoms with van der Waals surface area (Å²) >= 11 is 0. The highest BCUT2D eigenvalue weighted by molar-refractivity contribution is 5.95. The molecule has 24 heavy (non-hydrogen) atoms. The largest absolute Gasteiger partial charge is 0.494 e. The molecule has 0 fully saturated rings. The van der Waals surface area contributed by atoms with Crippen LogP contribution in [0, 0.1) is 11.3 Å². The number of fused-ring (bicyclic) bond motifs is 1. The number of nitriles is 1. The van der Waals surface area contributed by atoms with Gasteiger partial charge in [0.15, 0.2) is 5.78 Å². The van der Waals surface area contributed by atoms with Crippen molar-refractivity contribution in [3.05, 3.63) is 58.7 Å². The quantitative estimate of drug-likeness (QED) is 0.806. The Balaban J connectivity index is 1.95. The van der Waals surface area contributed by atoms with E-state index in [-0.39, 0.29) is 5.78 Å². The molecule has 3 rings (SSSR count). The Morgan fingerprint density at radius 1 is 1.25 bits per heavy atom. The second-order valence-corrected chi connectivity index (χ2v) is 5.94. The molecule has 122 valence electrons. The molecule has 1 heterocycles. The zero-order chi connectivity index (χ0) is 17.1. The first kappa shape index (κ1) is 16.1. The minimum atomic E-state index is 0.0109. The minimum Gasteiger partial charge on any atom is -0.494 e. The summed E-state index contributed by atoms with van der Waals surface area (Å²) in [5.74, 6) is 0.882. The van der Waals surface area contributed by atoms with Gasteiger partial charge in [0.25, 0.3) is 0 Å². The fourth-order valence-electron chi connectivity index (χ4n) is 3.10. The van der Waals surface area contributed by atoms with Crippen LogP contribution in [0.1, 0.15) is 40.9 Å². The van der Waals surface area contributed by atoms with Crippen LogP contribution in [0.4, 0.5) is 5.69 Å². The fourth-order valence-corrected chi connectivity index (χ4v) is 3.10. The number of hydrogen-bond donors (Lipinski definition) is 0. The first-order chi connectivity index (χ1) is 11.6. The van der Waals surface area contributed by atoms with Crippen molar-refractivity contribution in [1.29, 1.82) is 5.26 Å². The lowest BCUT2D eigenvalue weighted by Crippen LogP contribution is -2.31. The van der Waals surface area contributed by atoms with Gasteiger partial charge >= 0.3 is 0 Å². The van der Waals surface area contributed by atoms with Gasteiger partial charge in [-0.15, -0.1) is 0 Å².